The first-order valence-electron chi connectivity index (χ1n) is 8.23. The fourth-order valence-corrected chi connectivity index (χ4v) is 2.94. The van der Waals surface area contributed by atoms with Gasteiger partial charge in [-0.05, 0) is 25.5 Å². The zero-order valence-electron chi connectivity index (χ0n) is 14.4. The lowest BCUT2D eigenvalue weighted by Crippen LogP contribution is -2.34. The minimum Gasteiger partial charge on any atom is -0.423 e. The van der Waals surface area contributed by atoms with Crippen LogP contribution in [-0.2, 0) is 12.0 Å². The lowest BCUT2D eigenvalue weighted by molar-refractivity contribution is 0.0995. The van der Waals surface area contributed by atoms with Gasteiger partial charge in [-0.15, -0.1) is 10.2 Å². The summed E-state index contributed by atoms with van der Waals surface area (Å²) in [4.78, 5) is 13.5. The number of nitrogens with zero attached hydrogens (tertiary/aromatic N) is 4. The van der Waals surface area contributed by atoms with Gasteiger partial charge in [-0.2, -0.15) is 5.10 Å². The number of aromatic nitrogens is 4. The van der Waals surface area contributed by atoms with Crippen molar-refractivity contribution in [2.75, 3.05) is 13.1 Å². The van der Waals surface area contributed by atoms with Crippen molar-refractivity contribution in [2.24, 2.45) is 5.73 Å². The number of rotatable bonds is 4. The molecule has 0 aromatic carbocycles. The fourth-order valence-electron chi connectivity index (χ4n) is 2.94. The second-order valence-electron chi connectivity index (χ2n) is 7.40. The van der Waals surface area contributed by atoms with Crippen LogP contribution in [0.4, 0.5) is 0 Å². The highest BCUT2D eigenvalue weighted by Crippen LogP contribution is 2.27. The molecule has 8 heteroatoms. The Hall–Kier alpha value is -2.22. The van der Waals surface area contributed by atoms with Gasteiger partial charge in [0.1, 0.15) is 5.69 Å². The first-order valence-corrected chi connectivity index (χ1v) is 8.23. The maximum Gasteiger partial charge on any atom is 0.269 e. The summed E-state index contributed by atoms with van der Waals surface area (Å²) in [7, 11) is 0. The third kappa shape index (κ3) is 3.64. The van der Waals surface area contributed by atoms with E-state index in [1.54, 1.807) is 6.07 Å². The summed E-state index contributed by atoms with van der Waals surface area (Å²) in [6.45, 7) is 8.63. The van der Waals surface area contributed by atoms with Crippen LogP contribution in [0.25, 0.3) is 0 Å². The number of primary amides is 1. The molecule has 0 radical (unpaired) electrons. The molecule has 130 valence electrons. The predicted octanol–water partition coefficient (Wildman–Crippen LogP) is 1.57. The molecule has 3 heterocycles. The average Bonchev–Trinajstić information content (AvgIpc) is 3.16. The van der Waals surface area contributed by atoms with Crippen molar-refractivity contribution in [3.05, 3.63) is 29.2 Å². The molecule has 8 nitrogen and oxygen atoms in total. The van der Waals surface area contributed by atoms with Crippen LogP contribution in [0, 0.1) is 0 Å². The van der Waals surface area contributed by atoms with E-state index in [1.807, 2.05) is 0 Å². The van der Waals surface area contributed by atoms with Gasteiger partial charge in [0.25, 0.3) is 5.91 Å². The predicted molar refractivity (Wildman–Crippen MR) is 87.4 cm³/mol. The minimum absolute atomic E-state index is 0.142. The number of hydrogen-bond donors (Lipinski definition) is 2. The molecular weight excluding hydrogens is 308 g/mol. The van der Waals surface area contributed by atoms with Crippen LogP contribution < -0.4 is 5.73 Å². The number of nitrogens with one attached hydrogen (secondary N) is 1. The average molecular weight is 332 g/mol. The number of amides is 1. The highest BCUT2D eigenvalue weighted by molar-refractivity contribution is 5.90. The van der Waals surface area contributed by atoms with Gasteiger partial charge in [0, 0.05) is 23.6 Å². The second-order valence-corrected chi connectivity index (χ2v) is 7.40. The number of piperidine rings is 1. The van der Waals surface area contributed by atoms with Crippen molar-refractivity contribution in [3.63, 3.8) is 0 Å². The third-order valence-electron chi connectivity index (χ3n) is 4.26. The third-order valence-corrected chi connectivity index (χ3v) is 4.26. The molecule has 2 aromatic rings. The summed E-state index contributed by atoms with van der Waals surface area (Å²) in [6.07, 6.45) is 2.11. The summed E-state index contributed by atoms with van der Waals surface area (Å²) < 4.78 is 5.78. The molecule has 1 saturated heterocycles. The topological polar surface area (TPSA) is 114 Å². The molecule has 0 spiro atoms. The Morgan fingerprint density at radius 1 is 1.46 bits per heavy atom. The van der Waals surface area contributed by atoms with Gasteiger partial charge in [-0.1, -0.05) is 20.8 Å². The van der Waals surface area contributed by atoms with Crippen molar-refractivity contribution in [1.29, 1.82) is 0 Å². The van der Waals surface area contributed by atoms with Crippen LogP contribution in [0.2, 0.25) is 0 Å². The van der Waals surface area contributed by atoms with Crippen LogP contribution >= 0.6 is 0 Å². The Balaban J connectivity index is 1.65. The molecule has 1 amide bonds. The lowest BCUT2D eigenvalue weighted by Gasteiger charge is -2.31. The van der Waals surface area contributed by atoms with Crippen LogP contribution in [0.15, 0.2) is 10.5 Å². The van der Waals surface area contributed by atoms with E-state index in [4.69, 9.17) is 10.2 Å². The highest BCUT2D eigenvalue weighted by atomic mass is 16.4. The zero-order valence-corrected chi connectivity index (χ0v) is 14.4. The molecule has 24 heavy (non-hydrogen) atoms. The van der Waals surface area contributed by atoms with E-state index in [0.29, 0.717) is 24.2 Å². The van der Waals surface area contributed by atoms with Gasteiger partial charge in [-0.25, -0.2) is 0 Å². The quantitative estimate of drug-likeness (QED) is 0.878. The highest BCUT2D eigenvalue weighted by Gasteiger charge is 2.26. The van der Waals surface area contributed by atoms with E-state index in [0.717, 1.165) is 31.6 Å². The van der Waals surface area contributed by atoms with Crippen molar-refractivity contribution in [3.8, 4) is 0 Å². The largest absolute Gasteiger partial charge is 0.423 e. The van der Waals surface area contributed by atoms with E-state index in [1.165, 1.54) is 0 Å². The first kappa shape index (κ1) is 16.6. The summed E-state index contributed by atoms with van der Waals surface area (Å²) in [6, 6.07) is 1.75. The number of likely N-dealkylation sites (tertiary alicyclic amines) is 1. The van der Waals surface area contributed by atoms with Crippen LogP contribution in [-0.4, -0.2) is 44.3 Å². The molecule has 0 saturated carbocycles. The molecule has 3 rings (SSSR count). The number of carbonyl (C=O) groups is 1. The maximum absolute atomic E-state index is 11.2. The van der Waals surface area contributed by atoms with E-state index < -0.39 is 5.91 Å². The lowest BCUT2D eigenvalue weighted by atomic mass is 9.94. The van der Waals surface area contributed by atoms with Crippen molar-refractivity contribution in [1.82, 2.24) is 25.3 Å². The molecule has 0 aliphatic carbocycles. The van der Waals surface area contributed by atoms with Crippen LogP contribution in [0.1, 0.15) is 67.5 Å². The molecule has 1 aliphatic rings. The van der Waals surface area contributed by atoms with Gasteiger partial charge in [0.15, 0.2) is 0 Å². The van der Waals surface area contributed by atoms with E-state index in [-0.39, 0.29) is 11.1 Å². The Morgan fingerprint density at radius 3 is 2.88 bits per heavy atom. The molecule has 1 fully saturated rings. The van der Waals surface area contributed by atoms with E-state index in [2.05, 4.69) is 46.1 Å². The van der Waals surface area contributed by atoms with Crippen molar-refractivity contribution >= 4 is 5.91 Å². The van der Waals surface area contributed by atoms with E-state index in [9.17, 15) is 4.79 Å². The summed E-state index contributed by atoms with van der Waals surface area (Å²) in [5.74, 6) is 1.09. The number of H-pyrrole nitrogens is 1. The minimum atomic E-state index is -0.509. The van der Waals surface area contributed by atoms with Crippen LogP contribution in [0.5, 0.6) is 0 Å². The summed E-state index contributed by atoms with van der Waals surface area (Å²) >= 11 is 0. The maximum atomic E-state index is 11.2. The molecule has 2 aromatic heterocycles. The van der Waals surface area contributed by atoms with Crippen molar-refractivity contribution < 1.29 is 9.21 Å². The van der Waals surface area contributed by atoms with Gasteiger partial charge in [0.05, 0.1) is 6.54 Å². The second kappa shape index (κ2) is 6.35. The molecule has 3 N–H and O–H groups in total. The Bertz CT molecular complexity index is 714. The monoisotopic (exact) mass is 332 g/mol. The van der Waals surface area contributed by atoms with Gasteiger partial charge < -0.3 is 10.2 Å². The van der Waals surface area contributed by atoms with Crippen LogP contribution in [0.3, 0.4) is 0 Å². The Labute approximate surface area is 140 Å². The number of aromatic amines is 1. The first-order chi connectivity index (χ1) is 11.3. The fraction of sp³-hybridized carbons (Fsp3) is 0.625. The number of carbonyl (C=O) groups excluding carboxylic acids is 1. The molecule has 1 aliphatic heterocycles. The van der Waals surface area contributed by atoms with Crippen molar-refractivity contribution in [2.45, 2.75) is 51.5 Å². The smallest absolute Gasteiger partial charge is 0.269 e. The molecule has 1 atom stereocenters. The number of hydrogen-bond acceptors (Lipinski definition) is 6. The summed E-state index contributed by atoms with van der Waals surface area (Å²) in [5, 5.41) is 15.2. The standard InChI is InChI=1S/C16H24N6O2/c1-16(2,3)15-21-20-13(24-15)9-22-6-4-5-10(8-22)11-7-12(14(17)23)19-18-11/h7,10H,4-6,8-9H2,1-3H3,(H2,17,23)(H,18,19). The Kier molecular flexibility index (Phi) is 4.40. The van der Waals surface area contributed by atoms with Gasteiger partial charge in [0.2, 0.25) is 11.8 Å². The van der Waals surface area contributed by atoms with E-state index >= 15 is 0 Å². The number of nitrogens with two attached hydrogens (primary N) is 1. The van der Waals surface area contributed by atoms with Gasteiger partial charge in [-0.3, -0.25) is 14.8 Å². The molecule has 0 bridgehead atoms. The Morgan fingerprint density at radius 2 is 2.25 bits per heavy atom. The molecular formula is C16H24N6O2. The zero-order chi connectivity index (χ0) is 17.3. The SMILES string of the molecule is CC(C)(C)c1nnc(CN2CCCC(c3cc(C(N)=O)n[nH]3)C2)o1. The normalized spacial score (nSPS) is 19.5. The molecule has 1 unspecified atom stereocenters. The summed E-state index contributed by atoms with van der Waals surface area (Å²) in [5.41, 5.74) is 6.36. The van der Waals surface area contributed by atoms with Gasteiger partial charge >= 0.3 is 0 Å².